The van der Waals surface area contributed by atoms with Gasteiger partial charge in [0.25, 0.3) is 11.8 Å². The van der Waals surface area contributed by atoms with Crippen molar-refractivity contribution in [2.75, 3.05) is 4.90 Å². The van der Waals surface area contributed by atoms with Crippen LogP contribution in [0.5, 0.6) is 5.75 Å². The summed E-state index contributed by atoms with van der Waals surface area (Å²) in [6.07, 6.45) is 0.0144. The quantitative estimate of drug-likeness (QED) is 0.469. The molecule has 156 valence electrons. The fourth-order valence-electron chi connectivity index (χ4n) is 3.29. The molecular formula is C25H20FNO3S. The Hall–Kier alpha value is -3.38. The lowest BCUT2D eigenvalue weighted by Gasteiger charge is -2.16. The van der Waals surface area contributed by atoms with E-state index in [1.807, 2.05) is 44.2 Å². The lowest BCUT2D eigenvalue weighted by molar-refractivity contribution is -0.119. The number of nitrogens with zero attached hydrogens (tertiary/aromatic N) is 1. The van der Waals surface area contributed by atoms with Crippen LogP contribution in [0.15, 0.2) is 88.7 Å². The standard InChI is InChI=1S/C25H20FNO3S/c1-16(2)30-18-14-12-17(13-15-18)22-23(31-19-8-4-3-5-9-19)25(29)27(24(22)28)21-11-7-6-10-20(21)26/h3-16H,1-2H3. The molecule has 2 amide bonds. The number of ether oxygens (including phenoxy) is 1. The summed E-state index contributed by atoms with van der Waals surface area (Å²) < 4.78 is 20.1. The molecule has 1 aliphatic rings. The third-order valence-corrected chi connectivity index (χ3v) is 5.70. The SMILES string of the molecule is CC(C)Oc1ccc(C2=C(Sc3ccccc3)C(=O)N(c3ccccc3F)C2=O)cc1. The van der Waals surface area contributed by atoms with Crippen LogP contribution in [0.4, 0.5) is 10.1 Å². The van der Waals surface area contributed by atoms with E-state index < -0.39 is 17.6 Å². The fraction of sp³-hybridized carbons (Fsp3) is 0.120. The van der Waals surface area contributed by atoms with Crippen LogP contribution < -0.4 is 9.64 Å². The Morgan fingerprint density at radius 3 is 2.13 bits per heavy atom. The van der Waals surface area contributed by atoms with E-state index in [1.54, 1.807) is 30.3 Å². The minimum atomic E-state index is -0.629. The predicted molar refractivity (Wildman–Crippen MR) is 120 cm³/mol. The molecule has 4 rings (SSSR count). The first-order valence-electron chi connectivity index (χ1n) is 9.83. The maximum Gasteiger partial charge on any atom is 0.273 e. The van der Waals surface area contributed by atoms with Crippen LogP contribution in [0, 0.1) is 5.82 Å². The van der Waals surface area contributed by atoms with Crippen molar-refractivity contribution in [1.82, 2.24) is 0 Å². The molecule has 0 aliphatic carbocycles. The minimum absolute atomic E-state index is 0.0144. The molecule has 0 fully saturated rings. The van der Waals surface area contributed by atoms with E-state index >= 15 is 0 Å². The highest BCUT2D eigenvalue weighted by atomic mass is 32.2. The van der Waals surface area contributed by atoms with Gasteiger partial charge in [0, 0.05) is 4.90 Å². The first-order valence-corrected chi connectivity index (χ1v) is 10.6. The molecule has 4 nitrogen and oxygen atoms in total. The Labute approximate surface area is 184 Å². The number of hydrogen-bond donors (Lipinski definition) is 0. The van der Waals surface area contributed by atoms with Gasteiger partial charge in [-0.3, -0.25) is 9.59 Å². The molecule has 6 heteroatoms. The van der Waals surface area contributed by atoms with E-state index in [9.17, 15) is 14.0 Å². The van der Waals surface area contributed by atoms with Crippen molar-refractivity contribution >= 4 is 34.8 Å². The number of anilines is 1. The molecule has 0 saturated heterocycles. The van der Waals surface area contributed by atoms with Crippen molar-refractivity contribution in [2.24, 2.45) is 0 Å². The number of carbonyl (C=O) groups excluding carboxylic acids is 2. The second-order valence-electron chi connectivity index (χ2n) is 7.21. The molecule has 1 heterocycles. The Bertz CT molecular complexity index is 1160. The highest BCUT2D eigenvalue weighted by molar-refractivity contribution is 8.04. The van der Waals surface area contributed by atoms with Gasteiger partial charge in [-0.15, -0.1) is 0 Å². The van der Waals surface area contributed by atoms with Crippen LogP contribution in [0.3, 0.4) is 0 Å². The highest BCUT2D eigenvalue weighted by Gasteiger charge is 2.41. The van der Waals surface area contributed by atoms with Gasteiger partial charge in [0.2, 0.25) is 0 Å². The first kappa shape index (κ1) is 20.9. The molecule has 0 N–H and O–H groups in total. The maximum absolute atomic E-state index is 14.5. The number of carbonyl (C=O) groups is 2. The minimum Gasteiger partial charge on any atom is -0.491 e. The van der Waals surface area contributed by atoms with E-state index in [-0.39, 0.29) is 22.3 Å². The van der Waals surface area contributed by atoms with Crippen molar-refractivity contribution in [1.29, 1.82) is 0 Å². The molecule has 0 radical (unpaired) electrons. The van der Waals surface area contributed by atoms with E-state index in [1.165, 1.54) is 30.0 Å². The maximum atomic E-state index is 14.5. The molecule has 31 heavy (non-hydrogen) atoms. The number of hydrogen-bond acceptors (Lipinski definition) is 4. The summed E-state index contributed by atoms with van der Waals surface area (Å²) in [7, 11) is 0. The number of rotatable bonds is 6. The van der Waals surface area contributed by atoms with Crippen molar-refractivity contribution in [2.45, 2.75) is 24.8 Å². The number of amides is 2. The summed E-state index contributed by atoms with van der Waals surface area (Å²) in [4.78, 5) is 28.7. The summed E-state index contributed by atoms with van der Waals surface area (Å²) in [5.74, 6) is -1.05. The number of benzene rings is 3. The third-order valence-electron chi connectivity index (χ3n) is 4.61. The third kappa shape index (κ3) is 4.25. The van der Waals surface area contributed by atoms with Crippen LogP contribution in [0.25, 0.3) is 5.57 Å². The topological polar surface area (TPSA) is 46.6 Å². The van der Waals surface area contributed by atoms with Gasteiger partial charge >= 0.3 is 0 Å². The Morgan fingerprint density at radius 1 is 0.839 bits per heavy atom. The van der Waals surface area contributed by atoms with Crippen LogP contribution in [0.2, 0.25) is 0 Å². The second-order valence-corrected chi connectivity index (χ2v) is 8.29. The van der Waals surface area contributed by atoms with E-state index in [0.717, 1.165) is 9.80 Å². The van der Waals surface area contributed by atoms with Crippen LogP contribution in [-0.4, -0.2) is 17.9 Å². The number of para-hydroxylation sites is 1. The van der Waals surface area contributed by atoms with Gasteiger partial charge in [0.1, 0.15) is 11.6 Å². The normalized spacial score (nSPS) is 14.0. The van der Waals surface area contributed by atoms with Crippen LogP contribution >= 0.6 is 11.8 Å². The molecule has 0 saturated carbocycles. The van der Waals surface area contributed by atoms with Gasteiger partial charge in [-0.05, 0) is 55.8 Å². The molecular weight excluding hydrogens is 413 g/mol. The van der Waals surface area contributed by atoms with E-state index in [4.69, 9.17) is 4.74 Å². The Kier molecular flexibility index (Phi) is 5.91. The van der Waals surface area contributed by atoms with Gasteiger partial charge in [-0.25, -0.2) is 9.29 Å². The Morgan fingerprint density at radius 2 is 1.48 bits per heavy atom. The number of imide groups is 1. The van der Waals surface area contributed by atoms with Crippen molar-refractivity contribution in [3.05, 3.63) is 95.1 Å². The molecule has 0 unspecified atom stereocenters. The number of thioether (sulfide) groups is 1. The lowest BCUT2D eigenvalue weighted by atomic mass is 10.1. The van der Waals surface area contributed by atoms with Gasteiger partial charge < -0.3 is 4.74 Å². The monoisotopic (exact) mass is 433 g/mol. The molecule has 0 spiro atoms. The summed E-state index contributed by atoms with van der Waals surface area (Å²) in [6.45, 7) is 3.85. The van der Waals surface area contributed by atoms with Crippen LogP contribution in [-0.2, 0) is 9.59 Å². The average Bonchev–Trinajstić information content (AvgIpc) is 2.99. The van der Waals surface area contributed by atoms with Gasteiger partial charge in [-0.1, -0.05) is 54.2 Å². The van der Waals surface area contributed by atoms with Gasteiger partial charge in [-0.2, -0.15) is 0 Å². The summed E-state index contributed by atoms with van der Waals surface area (Å²) >= 11 is 1.20. The molecule has 0 aromatic heterocycles. The molecule has 0 atom stereocenters. The molecule has 3 aromatic rings. The smallest absolute Gasteiger partial charge is 0.273 e. The summed E-state index contributed by atoms with van der Waals surface area (Å²) in [6, 6.07) is 22.1. The van der Waals surface area contributed by atoms with Gasteiger partial charge in [0.15, 0.2) is 0 Å². The molecule has 1 aliphatic heterocycles. The Balaban J connectivity index is 1.79. The summed E-state index contributed by atoms with van der Waals surface area (Å²) in [5.41, 5.74) is 0.767. The van der Waals surface area contributed by atoms with Crippen LogP contribution in [0.1, 0.15) is 19.4 Å². The zero-order valence-electron chi connectivity index (χ0n) is 17.0. The van der Waals surface area contributed by atoms with Crippen molar-refractivity contribution in [3.8, 4) is 5.75 Å². The zero-order valence-corrected chi connectivity index (χ0v) is 17.9. The summed E-state index contributed by atoms with van der Waals surface area (Å²) in [5, 5.41) is 0. The van der Waals surface area contributed by atoms with Gasteiger partial charge in [0.05, 0.1) is 22.3 Å². The number of halogens is 1. The average molecular weight is 434 g/mol. The second kappa shape index (κ2) is 8.78. The lowest BCUT2D eigenvalue weighted by Crippen LogP contribution is -2.32. The fourth-order valence-corrected chi connectivity index (χ4v) is 4.30. The molecule has 0 bridgehead atoms. The molecule has 3 aromatic carbocycles. The highest BCUT2D eigenvalue weighted by Crippen LogP contribution is 2.42. The zero-order chi connectivity index (χ0) is 22.0. The largest absolute Gasteiger partial charge is 0.491 e. The predicted octanol–water partition coefficient (Wildman–Crippen LogP) is 5.69. The van der Waals surface area contributed by atoms with Crippen molar-refractivity contribution in [3.63, 3.8) is 0 Å². The first-order chi connectivity index (χ1) is 15.0. The van der Waals surface area contributed by atoms with E-state index in [0.29, 0.717) is 11.3 Å². The van der Waals surface area contributed by atoms with Crippen molar-refractivity contribution < 1.29 is 18.7 Å². The van der Waals surface area contributed by atoms with E-state index in [2.05, 4.69) is 0 Å².